The summed E-state index contributed by atoms with van der Waals surface area (Å²) >= 11 is 6.21. The number of urea groups is 1. The lowest BCUT2D eigenvalue weighted by molar-refractivity contribution is -0.122. The predicted octanol–water partition coefficient (Wildman–Crippen LogP) is 5.83. The molecule has 2 N–H and O–H groups in total. The third kappa shape index (κ3) is 7.52. The summed E-state index contributed by atoms with van der Waals surface area (Å²) in [5.74, 6) is -1.14. The normalized spacial score (nSPS) is 14.0. The molecule has 11 heteroatoms. The Labute approximate surface area is 254 Å². The first-order valence-electron chi connectivity index (χ1n) is 13.7. The van der Waals surface area contributed by atoms with Crippen molar-refractivity contribution in [3.05, 3.63) is 81.9 Å². The SMILES string of the molecule is CCCOc1ccc(N2C(=O)NC(=O)/C(=C\c3cc(Cl)ccc3OCC(=O)Nc3ccc(C)cc3C)C2=O)cc1OCC. The molecule has 0 unspecified atom stereocenters. The minimum absolute atomic E-state index is 0.179. The van der Waals surface area contributed by atoms with Crippen molar-refractivity contribution in [3.63, 3.8) is 0 Å². The van der Waals surface area contributed by atoms with Gasteiger partial charge in [0.1, 0.15) is 11.3 Å². The zero-order valence-corrected chi connectivity index (χ0v) is 25.0. The molecule has 4 rings (SSSR count). The Bertz CT molecular complexity index is 1600. The second-order valence-electron chi connectivity index (χ2n) is 9.71. The van der Waals surface area contributed by atoms with E-state index in [0.29, 0.717) is 35.4 Å². The maximum absolute atomic E-state index is 13.6. The van der Waals surface area contributed by atoms with E-state index in [-0.39, 0.29) is 29.2 Å². The summed E-state index contributed by atoms with van der Waals surface area (Å²) < 4.78 is 17.1. The van der Waals surface area contributed by atoms with Gasteiger partial charge in [-0.25, -0.2) is 9.69 Å². The molecule has 0 aromatic heterocycles. The van der Waals surface area contributed by atoms with Gasteiger partial charge in [-0.15, -0.1) is 0 Å². The molecule has 3 aromatic carbocycles. The van der Waals surface area contributed by atoms with Crippen molar-refractivity contribution >= 4 is 52.8 Å². The van der Waals surface area contributed by atoms with Crippen LogP contribution in [-0.4, -0.2) is 43.6 Å². The number of barbiturate groups is 1. The van der Waals surface area contributed by atoms with Crippen LogP contribution in [0.5, 0.6) is 17.2 Å². The number of hydrogen-bond donors (Lipinski definition) is 2. The molecule has 5 amide bonds. The number of nitrogens with zero attached hydrogens (tertiary/aromatic N) is 1. The molecular formula is C32H32ClN3O7. The number of carbonyl (C=O) groups is 4. The highest BCUT2D eigenvalue weighted by molar-refractivity contribution is 6.39. The second-order valence-corrected chi connectivity index (χ2v) is 10.1. The summed E-state index contributed by atoms with van der Waals surface area (Å²) in [5.41, 5.74) is 2.74. The van der Waals surface area contributed by atoms with Crippen molar-refractivity contribution in [1.82, 2.24) is 5.32 Å². The van der Waals surface area contributed by atoms with Gasteiger partial charge in [-0.1, -0.05) is 36.2 Å². The van der Waals surface area contributed by atoms with Crippen molar-refractivity contribution < 1.29 is 33.4 Å². The number of hydrogen-bond acceptors (Lipinski definition) is 7. The van der Waals surface area contributed by atoms with Gasteiger partial charge < -0.3 is 19.5 Å². The zero-order chi connectivity index (χ0) is 31.1. The van der Waals surface area contributed by atoms with E-state index in [1.165, 1.54) is 30.3 Å². The first kappa shape index (κ1) is 31.1. The second kappa shape index (κ2) is 13.9. The van der Waals surface area contributed by atoms with E-state index in [1.807, 2.05) is 39.0 Å². The van der Waals surface area contributed by atoms with Crippen LogP contribution in [0.25, 0.3) is 6.08 Å². The lowest BCUT2D eigenvalue weighted by atomic mass is 10.1. The first-order chi connectivity index (χ1) is 20.6. The Morgan fingerprint density at radius 2 is 1.70 bits per heavy atom. The third-order valence-corrected chi connectivity index (χ3v) is 6.57. The van der Waals surface area contributed by atoms with Crippen molar-refractivity contribution in [2.24, 2.45) is 0 Å². The minimum Gasteiger partial charge on any atom is -0.490 e. The Balaban J connectivity index is 1.59. The Hall–Kier alpha value is -4.83. The number of benzene rings is 3. The first-order valence-corrected chi connectivity index (χ1v) is 14.1. The highest BCUT2D eigenvalue weighted by Crippen LogP contribution is 2.34. The van der Waals surface area contributed by atoms with Crippen LogP contribution in [-0.2, 0) is 14.4 Å². The summed E-state index contributed by atoms with van der Waals surface area (Å²) in [6.45, 7) is 8.06. The number of carbonyl (C=O) groups excluding carboxylic acids is 4. The standard InChI is InChI=1S/C32H32ClN3O7/c1-5-13-42-27-12-9-23(17-28(27)41-6-2)36-31(39)24(30(38)35-32(36)40)16-21-15-22(33)8-11-26(21)43-18-29(37)34-25-10-7-19(3)14-20(25)4/h7-12,14-17H,5-6,13,18H2,1-4H3,(H,34,37)(H,35,38,40)/b24-16+. The van der Waals surface area contributed by atoms with Gasteiger partial charge in [0.05, 0.1) is 18.9 Å². The van der Waals surface area contributed by atoms with E-state index in [2.05, 4.69) is 10.6 Å². The van der Waals surface area contributed by atoms with Crippen molar-refractivity contribution in [1.29, 1.82) is 0 Å². The lowest BCUT2D eigenvalue weighted by Crippen LogP contribution is -2.54. The molecule has 0 bridgehead atoms. The molecule has 0 saturated carbocycles. The molecule has 1 aliphatic heterocycles. The quantitative estimate of drug-likeness (QED) is 0.208. The molecule has 224 valence electrons. The maximum atomic E-state index is 13.6. The lowest BCUT2D eigenvalue weighted by Gasteiger charge is -2.27. The summed E-state index contributed by atoms with van der Waals surface area (Å²) in [7, 11) is 0. The van der Waals surface area contributed by atoms with Gasteiger partial charge in [0, 0.05) is 22.3 Å². The van der Waals surface area contributed by atoms with Gasteiger partial charge >= 0.3 is 6.03 Å². The average Bonchev–Trinajstić information content (AvgIpc) is 2.96. The number of imide groups is 2. The van der Waals surface area contributed by atoms with Gasteiger partial charge in [0.25, 0.3) is 17.7 Å². The van der Waals surface area contributed by atoms with Crippen LogP contribution >= 0.6 is 11.6 Å². The van der Waals surface area contributed by atoms with E-state index < -0.39 is 23.8 Å². The Kier molecular flexibility index (Phi) is 10.0. The summed E-state index contributed by atoms with van der Waals surface area (Å²) in [4.78, 5) is 52.7. The van der Waals surface area contributed by atoms with E-state index in [9.17, 15) is 19.2 Å². The molecule has 1 fully saturated rings. The van der Waals surface area contributed by atoms with Crippen LogP contribution in [0.2, 0.25) is 5.02 Å². The van der Waals surface area contributed by atoms with Crippen molar-refractivity contribution in [3.8, 4) is 17.2 Å². The number of halogens is 1. The Morgan fingerprint density at radius 1 is 0.930 bits per heavy atom. The fourth-order valence-corrected chi connectivity index (χ4v) is 4.51. The van der Waals surface area contributed by atoms with Crippen LogP contribution < -0.4 is 29.7 Å². The monoisotopic (exact) mass is 605 g/mol. The zero-order valence-electron chi connectivity index (χ0n) is 24.3. The van der Waals surface area contributed by atoms with Crippen LogP contribution in [0.3, 0.4) is 0 Å². The largest absolute Gasteiger partial charge is 0.490 e. The predicted molar refractivity (Wildman–Crippen MR) is 164 cm³/mol. The topological polar surface area (TPSA) is 123 Å². The molecule has 1 aliphatic rings. The van der Waals surface area contributed by atoms with Crippen LogP contribution in [0.15, 0.2) is 60.2 Å². The van der Waals surface area contributed by atoms with Crippen LogP contribution in [0, 0.1) is 13.8 Å². The van der Waals surface area contributed by atoms with E-state index >= 15 is 0 Å². The third-order valence-electron chi connectivity index (χ3n) is 6.34. The highest BCUT2D eigenvalue weighted by Gasteiger charge is 2.37. The van der Waals surface area contributed by atoms with E-state index in [1.54, 1.807) is 19.1 Å². The molecular weight excluding hydrogens is 574 g/mol. The van der Waals surface area contributed by atoms with Crippen LogP contribution in [0.1, 0.15) is 37.0 Å². The van der Waals surface area contributed by atoms with Gasteiger partial charge in [-0.3, -0.25) is 19.7 Å². The van der Waals surface area contributed by atoms with Gasteiger partial charge in [-0.05, 0) is 75.2 Å². The molecule has 10 nitrogen and oxygen atoms in total. The molecule has 0 radical (unpaired) electrons. The Morgan fingerprint density at radius 3 is 2.42 bits per heavy atom. The van der Waals surface area contributed by atoms with E-state index in [4.69, 9.17) is 25.8 Å². The molecule has 0 spiro atoms. The summed E-state index contributed by atoms with van der Waals surface area (Å²) in [5, 5.41) is 5.31. The smallest absolute Gasteiger partial charge is 0.335 e. The average molecular weight is 606 g/mol. The molecule has 43 heavy (non-hydrogen) atoms. The minimum atomic E-state index is -0.914. The van der Waals surface area contributed by atoms with Crippen molar-refractivity contribution in [2.75, 3.05) is 30.0 Å². The maximum Gasteiger partial charge on any atom is 0.335 e. The van der Waals surface area contributed by atoms with Crippen LogP contribution in [0.4, 0.5) is 16.2 Å². The molecule has 0 aliphatic carbocycles. The molecule has 1 heterocycles. The van der Waals surface area contributed by atoms with Gasteiger partial charge in [-0.2, -0.15) is 0 Å². The number of ether oxygens (including phenoxy) is 3. The molecule has 1 saturated heterocycles. The number of amides is 5. The fourth-order valence-electron chi connectivity index (χ4n) is 4.33. The molecule has 3 aromatic rings. The van der Waals surface area contributed by atoms with Crippen molar-refractivity contribution in [2.45, 2.75) is 34.1 Å². The highest BCUT2D eigenvalue weighted by atomic mass is 35.5. The number of rotatable bonds is 11. The molecule has 0 atom stereocenters. The summed E-state index contributed by atoms with van der Waals surface area (Å²) in [6, 6.07) is 13.9. The number of aryl methyl sites for hydroxylation is 2. The number of nitrogens with one attached hydrogen (secondary N) is 2. The fraction of sp³-hybridized carbons (Fsp3) is 0.250. The van der Waals surface area contributed by atoms with Gasteiger partial charge in [0.15, 0.2) is 18.1 Å². The number of anilines is 2. The van der Waals surface area contributed by atoms with E-state index in [0.717, 1.165) is 22.4 Å². The van der Waals surface area contributed by atoms with Gasteiger partial charge in [0.2, 0.25) is 0 Å². The summed E-state index contributed by atoms with van der Waals surface area (Å²) in [6.07, 6.45) is 2.05.